The molecule has 82 valence electrons. The molecule has 1 heterocycles. The first-order valence-corrected chi connectivity index (χ1v) is 5.35. The number of benzene rings is 1. The fourth-order valence-corrected chi connectivity index (χ4v) is 1.94. The first kappa shape index (κ1) is 10.9. The summed E-state index contributed by atoms with van der Waals surface area (Å²) in [6.45, 7) is 0. The van der Waals surface area contributed by atoms with Gasteiger partial charge in [0.15, 0.2) is 0 Å². The molecule has 2 rings (SSSR count). The lowest BCUT2D eigenvalue weighted by atomic mass is 10.1. The molecule has 5 heteroatoms. The van der Waals surface area contributed by atoms with Crippen LogP contribution in [0, 0.1) is 0 Å². The van der Waals surface area contributed by atoms with Crippen LogP contribution in [0.15, 0.2) is 28.9 Å². The van der Waals surface area contributed by atoms with Crippen molar-refractivity contribution in [1.29, 1.82) is 0 Å². The molecule has 0 fully saturated rings. The van der Waals surface area contributed by atoms with Gasteiger partial charge in [0.05, 0.1) is 18.2 Å². The van der Waals surface area contributed by atoms with Crippen molar-refractivity contribution in [3.8, 4) is 5.75 Å². The van der Waals surface area contributed by atoms with Crippen LogP contribution in [0.1, 0.15) is 10.4 Å². The van der Waals surface area contributed by atoms with E-state index < -0.39 is 5.91 Å². The fraction of sp³-hybridized carbons (Fsp3) is 0.0909. The zero-order valence-corrected chi connectivity index (χ0v) is 10.1. The normalized spacial score (nSPS) is 10.4. The van der Waals surface area contributed by atoms with Crippen molar-refractivity contribution in [2.75, 3.05) is 7.11 Å². The van der Waals surface area contributed by atoms with Gasteiger partial charge in [-0.25, -0.2) is 0 Å². The molecule has 16 heavy (non-hydrogen) atoms. The summed E-state index contributed by atoms with van der Waals surface area (Å²) in [5, 5.41) is 0.831. The number of nitrogens with two attached hydrogens (primary N) is 1. The van der Waals surface area contributed by atoms with Crippen LogP contribution >= 0.6 is 15.9 Å². The van der Waals surface area contributed by atoms with Crippen LogP contribution < -0.4 is 10.5 Å². The third-order valence-electron chi connectivity index (χ3n) is 2.28. The van der Waals surface area contributed by atoms with Gasteiger partial charge in [0.25, 0.3) is 5.91 Å². The molecule has 0 aliphatic rings. The zero-order valence-electron chi connectivity index (χ0n) is 8.53. The molecular weight excluding hydrogens is 272 g/mol. The van der Waals surface area contributed by atoms with E-state index in [0.717, 1.165) is 15.4 Å². The Hall–Kier alpha value is -1.62. The quantitative estimate of drug-likeness (QED) is 0.916. The number of methoxy groups -OCH3 is 1. The molecule has 0 atom stereocenters. The summed E-state index contributed by atoms with van der Waals surface area (Å²) in [7, 11) is 1.49. The van der Waals surface area contributed by atoms with Gasteiger partial charge in [-0.15, -0.1) is 0 Å². The summed E-state index contributed by atoms with van der Waals surface area (Å²) in [4.78, 5) is 15.4. The maximum Gasteiger partial charge on any atom is 0.252 e. The minimum atomic E-state index is -0.519. The number of ether oxygens (including phenoxy) is 1. The number of halogens is 1. The summed E-state index contributed by atoms with van der Waals surface area (Å²) < 4.78 is 5.96. The molecule has 0 aliphatic heterocycles. The van der Waals surface area contributed by atoms with Gasteiger partial charge in [-0.05, 0) is 12.1 Å². The molecule has 0 radical (unpaired) electrons. The second kappa shape index (κ2) is 4.09. The molecular formula is C11H9BrN2O2. The first-order valence-electron chi connectivity index (χ1n) is 4.55. The number of rotatable bonds is 2. The van der Waals surface area contributed by atoms with Crippen molar-refractivity contribution in [3.05, 3.63) is 34.4 Å². The molecule has 2 aromatic rings. The Morgan fingerprint density at radius 2 is 2.25 bits per heavy atom. The molecule has 1 aromatic heterocycles. The number of fused-ring (bicyclic) bond motifs is 1. The fourth-order valence-electron chi connectivity index (χ4n) is 1.50. The highest BCUT2D eigenvalue weighted by molar-refractivity contribution is 9.10. The molecule has 0 unspecified atom stereocenters. The number of pyridine rings is 1. The third-order valence-corrected chi connectivity index (χ3v) is 2.97. The SMILES string of the molecule is COc1cc2nccc(Br)c2cc1C(N)=O. The van der Waals surface area contributed by atoms with Crippen LogP contribution in [0.4, 0.5) is 0 Å². The van der Waals surface area contributed by atoms with E-state index in [4.69, 9.17) is 10.5 Å². The molecule has 0 aliphatic carbocycles. The topological polar surface area (TPSA) is 65.2 Å². The Bertz CT molecular complexity index is 569. The number of hydrogen-bond donors (Lipinski definition) is 1. The second-order valence-corrected chi connectivity index (χ2v) is 4.08. The number of aromatic nitrogens is 1. The average Bonchev–Trinajstić information content (AvgIpc) is 2.27. The molecule has 0 spiro atoms. The molecule has 0 saturated heterocycles. The molecule has 1 aromatic carbocycles. The van der Waals surface area contributed by atoms with Gasteiger partial charge < -0.3 is 10.5 Å². The Morgan fingerprint density at radius 1 is 1.50 bits per heavy atom. The van der Waals surface area contributed by atoms with Gasteiger partial charge in [0.1, 0.15) is 5.75 Å². The highest BCUT2D eigenvalue weighted by Crippen LogP contribution is 2.28. The Morgan fingerprint density at radius 3 is 2.88 bits per heavy atom. The largest absolute Gasteiger partial charge is 0.496 e. The number of nitrogens with zero attached hydrogens (tertiary/aromatic N) is 1. The summed E-state index contributed by atoms with van der Waals surface area (Å²) in [6, 6.07) is 5.17. The Labute approximate surface area is 101 Å². The van der Waals surface area contributed by atoms with E-state index in [2.05, 4.69) is 20.9 Å². The van der Waals surface area contributed by atoms with Crippen LogP contribution in [0.25, 0.3) is 10.9 Å². The minimum absolute atomic E-state index is 0.351. The van der Waals surface area contributed by atoms with Gasteiger partial charge in [-0.2, -0.15) is 0 Å². The van der Waals surface area contributed by atoms with E-state index >= 15 is 0 Å². The van der Waals surface area contributed by atoms with Crippen LogP contribution in [-0.2, 0) is 0 Å². The predicted octanol–water partition coefficient (Wildman–Crippen LogP) is 2.10. The van der Waals surface area contributed by atoms with Gasteiger partial charge >= 0.3 is 0 Å². The average molecular weight is 281 g/mol. The maximum absolute atomic E-state index is 11.2. The van der Waals surface area contributed by atoms with E-state index in [1.807, 2.05) is 0 Å². The molecule has 1 amide bonds. The standard InChI is InChI=1S/C11H9BrN2O2/c1-16-10-5-9-6(4-7(10)11(13)15)8(12)2-3-14-9/h2-5H,1H3,(H2,13,15). The van der Waals surface area contributed by atoms with E-state index in [9.17, 15) is 4.79 Å². The van der Waals surface area contributed by atoms with Crippen LogP contribution in [0.3, 0.4) is 0 Å². The van der Waals surface area contributed by atoms with Gasteiger partial charge in [0.2, 0.25) is 0 Å². The predicted molar refractivity (Wildman–Crippen MR) is 64.5 cm³/mol. The van der Waals surface area contributed by atoms with E-state index in [-0.39, 0.29) is 0 Å². The highest BCUT2D eigenvalue weighted by atomic mass is 79.9. The van der Waals surface area contributed by atoms with Crippen molar-refractivity contribution in [3.63, 3.8) is 0 Å². The monoisotopic (exact) mass is 280 g/mol. The lowest BCUT2D eigenvalue weighted by Gasteiger charge is -2.07. The molecule has 0 saturated carbocycles. The molecule has 0 bridgehead atoms. The van der Waals surface area contributed by atoms with E-state index in [1.54, 1.807) is 24.4 Å². The Balaban J connectivity index is 2.81. The summed E-state index contributed by atoms with van der Waals surface area (Å²) in [6.07, 6.45) is 1.68. The highest BCUT2D eigenvalue weighted by Gasteiger charge is 2.12. The number of hydrogen-bond acceptors (Lipinski definition) is 3. The summed E-state index contributed by atoms with van der Waals surface area (Å²) in [5.41, 5.74) is 6.37. The van der Waals surface area contributed by atoms with Crippen molar-refractivity contribution in [2.45, 2.75) is 0 Å². The smallest absolute Gasteiger partial charge is 0.252 e. The maximum atomic E-state index is 11.2. The summed E-state index contributed by atoms with van der Waals surface area (Å²) in [5.74, 6) is -0.0832. The third kappa shape index (κ3) is 1.74. The number of carbonyl (C=O) groups excluding carboxylic acids is 1. The molecule has 2 N–H and O–H groups in total. The zero-order chi connectivity index (χ0) is 11.7. The lowest BCUT2D eigenvalue weighted by Crippen LogP contribution is -2.12. The van der Waals surface area contributed by atoms with Crippen molar-refractivity contribution >= 4 is 32.7 Å². The van der Waals surface area contributed by atoms with Gasteiger partial charge in [-0.3, -0.25) is 9.78 Å². The van der Waals surface area contributed by atoms with Crippen molar-refractivity contribution in [2.24, 2.45) is 5.73 Å². The Kier molecular flexibility index (Phi) is 2.78. The lowest BCUT2D eigenvalue weighted by molar-refractivity contribution is 0.0997. The molecule has 4 nitrogen and oxygen atoms in total. The van der Waals surface area contributed by atoms with Crippen molar-refractivity contribution < 1.29 is 9.53 Å². The van der Waals surface area contributed by atoms with Gasteiger partial charge in [0, 0.05) is 22.1 Å². The van der Waals surface area contributed by atoms with Gasteiger partial charge in [-0.1, -0.05) is 15.9 Å². The van der Waals surface area contributed by atoms with E-state index in [0.29, 0.717) is 11.3 Å². The van der Waals surface area contributed by atoms with Crippen LogP contribution in [-0.4, -0.2) is 18.0 Å². The summed E-state index contributed by atoms with van der Waals surface area (Å²) >= 11 is 3.39. The van der Waals surface area contributed by atoms with Crippen LogP contribution in [0.5, 0.6) is 5.75 Å². The first-order chi connectivity index (χ1) is 7.63. The van der Waals surface area contributed by atoms with Crippen molar-refractivity contribution in [1.82, 2.24) is 4.98 Å². The number of amides is 1. The minimum Gasteiger partial charge on any atom is -0.496 e. The van der Waals surface area contributed by atoms with Crippen LogP contribution in [0.2, 0.25) is 0 Å². The van der Waals surface area contributed by atoms with E-state index in [1.165, 1.54) is 7.11 Å². The number of carbonyl (C=O) groups is 1. The second-order valence-electron chi connectivity index (χ2n) is 3.23. The number of primary amides is 1.